The van der Waals surface area contributed by atoms with Gasteiger partial charge in [0.25, 0.3) is 0 Å². The van der Waals surface area contributed by atoms with Crippen molar-refractivity contribution in [3.63, 3.8) is 0 Å². The number of nitrogens with zero attached hydrogens (tertiary/aromatic N) is 3. The Balaban J connectivity index is 2.95. The van der Waals surface area contributed by atoms with E-state index in [0.29, 0.717) is 0 Å². The SMILES string of the molecule is Cc1nc(N[C@@H](C(=O)O)C(C)C)ncc1[N+](=O)[O-]. The summed E-state index contributed by atoms with van der Waals surface area (Å²) in [5.41, 5.74) is -0.0117. The van der Waals surface area contributed by atoms with Crippen LogP contribution in [0.15, 0.2) is 6.20 Å². The fourth-order valence-electron chi connectivity index (χ4n) is 1.36. The maximum atomic E-state index is 11.0. The Bertz CT molecular complexity index is 475. The van der Waals surface area contributed by atoms with Crippen molar-refractivity contribution in [2.24, 2.45) is 5.92 Å². The number of anilines is 1. The highest BCUT2D eigenvalue weighted by Crippen LogP contribution is 2.16. The van der Waals surface area contributed by atoms with Gasteiger partial charge in [-0.3, -0.25) is 10.1 Å². The van der Waals surface area contributed by atoms with E-state index in [0.717, 1.165) is 6.20 Å². The molecule has 0 radical (unpaired) electrons. The molecule has 0 aromatic carbocycles. The summed E-state index contributed by atoms with van der Waals surface area (Å²) in [5.74, 6) is -1.12. The van der Waals surface area contributed by atoms with Crippen LogP contribution in [0.5, 0.6) is 0 Å². The molecule has 18 heavy (non-hydrogen) atoms. The van der Waals surface area contributed by atoms with Gasteiger partial charge in [0, 0.05) is 0 Å². The van der Waals surface area contributed by atoms with Crippen LogP contribution >= 0.6 is 0 Å². The van der Waals surface area contributed by atoms with Gasteiger partial charge in [-0.25, -0.2) is 14.8 Å². The predicted molar refractivity (Wildman–Crippen MR) is 63.3 cm³/mol. The van der Waals surface area contributed by atoms with Crippen LogP contribution in [0.3, 0.4) is 0 Å². The zero-order chi connectivity index (χ0) is 13.9. The van der Waals surface area contributed by atoms with E-state index in [-0.39, 0.29) is 23.2 Å². The summed E-state index contributed by atoms with van der Waals surface area (Å²) in [6.45, 7) is 4.95. The van der Waals surface area contributed by atoms with E-state index < -0.39 is 16.9 Å². The van der Waals surface area contributed by atoms with Crippen LogP contribution in [-0.2, 0) is 4.79 Å². The summed E-state index contributed by atoms with van der Waals surface area (Å²) in [6, 6.07) is -0.842. The lowest BCUT2D eigenvalue weighted by molar-refractivity contribution is -0.386. The lowest BCUT2D eigenvalue weighted by Gasteiger charge is -2.17. The topological polar surface area (TPSA) is 118 Å². The number of rotatable bonds is 5. The number of carboxylic acid groups (broad SMARTS) is 1. The Kier molecular flexibility index (Phi) is 4.13. The molecule has 0 amide bonds. The standard InChI is InChI=1S/C10H14N4O4/c1-5(2)8(9(15)16)13-10-11-4-7(14(17)18)6(3)12-10/h4-5,8H,1-3H3,(H,15,16)(H,11,12,13)/t8-/m1/s1. The molecular weight excluding hydrogens is 240 g/mol. The third-order valence-electron chi connectivity index (χ3n) is 2.37. The number of carbonyl (C=O) groups is 1. The molecule has 1 aromatic heterocycles. The van der Waals surface area contributed by atoms with E-state index in [1.807, 2.05) is 0 Å². The van der Waals surface area contributed by atoms with E-state index in [1.165, 1.54) is 6.92 Å². The van der Waals surface area contributed by atoms with Gasteiger partial charge >= 0.3 is 11.7 Å². The molecule has 1 atom stereocenters. The molecule has 1 heterocycles. The van der Waals surface area contributed by atoms with Crippen molar-refractivity contribution in [3.05, 3.63) is 22.0 Å². The van der Waals surface area contributed by atoms with E-state index in [4.69, 9.17) is 5.11 Å². The average Bonchev–Trinajstić information content (AvgIpc) is 2.24. The maximum Gasteiger partial charge on any atom is 0.326 e. The molecule has 0 saturated carbocycles. The molecular formula is C10H14N4O4. The van der Waals surface area contributed by atoms with E-state index >= 15 is 0 Å². The first-order valence-electron chi connectivity index (χ1n) is 5.30. The second-order valence-corrected chi connectivity index (χ2v) is 4.13. The Hall–Kier alpha value is -2.25. The van der Waals surface area contributed by atoms with Gasteiger partial charge in [0.05, 0.1) is 4.92 Å². The van der Waals surface area contributed by atoms with Crippen LogP contribution < -0.4 is 5.32 Å². The predicted octanol–water partition coefficient (Wildman–Crippen LogP) is 1.21. The highest BCUT2D eigenvalue weighted by Gasteiger charge is 2.23. The zero-order valence-electron chi connectivity index (χ0n) is 10.2. The van der Waals surface area contributed by atoms with Crippen molar-refractivity contribution in [2.45, 2.75) is 26.8 Å². The van der Waals surface area contributed by atoms with Crippen LogP contribution in [0.25, 0.3) is 0 Å². The molecule has 0 aliphatic carbocycles. The van der Waals surface area contributed by atoms with Gasteiger partial charge in [0.1, 0.15) is 17.9 Å². The van der Waals surface area contributed by atoms with E-state index in [9.17, 15) is 14.9 Å². The van der Waals surface area contributed by atoms with Crippen molar-refractivity contribution < 1.29 is 14.8 Å². The highest BCUT2D eigenvalue weighted by molar-refractivity contribution is 5.76. The zero-order valence-corrected chi connectivity index (χ0v) is 10.2. The minimum atomic E-state index is -1.02. The molecule has 0 spiro atoms. The molecule has 0 aliphatic heterocycles. The van der Waals surface area contributed by atoms with Gasteiger partial charge < -0.3 is 10.4 Å². The second-order valence-electron chi connectivity index (χ2n) is 4.13. The van der Waals surface area contributed by atoms with E-state index in [2.05, 4.69) is 15.3 Å². The number of carboxylic acids is 1. The molecule has 1 aromatic rings. The fourth-order valence-corrected chi connectivity index (χ4v) is 1.36. The smallest absolute Gasteiger partial charge is 0.326 e. The second kappa shape index (κ2) is 5.39. The third kappa shape index (κ3) is 3.12. The fraction of sp³-hybridized carbons (Fsp3) is 0.500. The molecule has 0 aliphatic rings. The van der Waals surface area contributed by atoms with Crippen molar-refractivity contribution in [3.8, 4) is 0 Å². The minimum absolute atomic E-state index is 0.0687. The molecule has 0 fully saturated rings. The largest absolute Gasteiger partial charge is 0.480 e. The lowest BCUT2D eigenvalue weighted by atomic mass is 10.1. The van der Waals surface area contributed by atoms with Crippen molar-refractivity contribution in [2.75, 3.05) is 5.32 Å². The van der Waals surface area contributed by atoms with E-state index in [1.54, 1.807) is 13.8 Å². The molecule has 0 saturated heterocycles. The van der Waals surface area contributed by atoms with Crippen molar-refractivity contribution >= 4 is 17.6 Å². The molecule has 8 nitrogen and oxygen atoms in total. The van der Waals surface area contributed by atoms with Crippen LogP contribution in [0.1, 0.15) is 19.5 Å². The summed E-state index contributed by atoms with van der Waals surface area (Å²) in [7, 11) is 0. The number of hydrogen-bond acceptors (Lipinski definition) is 6. The number of nitrogens with one attached hydrogen (secondary N) is 1. The summed E-state index contributed by atoms with van der Waals surface area (Å²) in [4.78, 5) is 28.6. The van der Waals surface area contributed by atoms with Crippen molar-refractivity contribution in [1.29, 1.82) is 0 Å². The summed E-state index contributed by atoms with van der Waals surface area (Å²) in [6.07, 6.45) is 1.06. The van der Waals surface area contributed by atoms with Gasteiger partial charge in [-0.2, -0.15) is 0 Å². The van der Waals surface area contributed by atoms with Gasteiger partial charge in [0.2, 0.25) is 5.95 Å². The van der Waals surface area contributed by atoms with Crippen LogP contribution in [-0.4, -0.2) is 32.0 Å². The minimum Gasteiger partial charge on any atom is -0.480 e. The molecule has 0 bridgehead atoms. The van der Waals surface area contributed by atoms with Gasteiger partial charge in [-0.15, -0.1) is 0 Å². The Morgan fingerprint density at radius 2 is 2.17 bits per heavy atom. The third-order valence-corrected chi connectivity index (χ3v) is 2.37. The van der Waals surface area contributed by atoms with Gasteiger partial charge in [-0.05, 0) is 12.8 Å². The first-order chi connectivity index (χ1) is 8.32. The Morgan fingerprint density at radius 1 is 1.56 bits per heavy atom. The Labute approximate surface area is 103 Å². The monoisotopic (exact) mass is 254 g/mol. The Morgan fingerprint density at radius 3 is 2.56 bits per heavy atom. The summed E-state index contributed by atoms with van der Waals surface area (Å²) < 4.78 is 0. The maximum absolute atomic E-state index is 11.0. The quantitative estimate of drug-likeness (QED) is 0.598. The number of hydrogen-bond donors (Lipinski definition) is 2. The summed E-state index contributed by atoms with van der Waals surface area (Å²) in [5, 5.41) is 22.2. The average molecular weight is 254 g/mol. The number of aryl methyl sites for hydroxylation is 1. The first-order valence-corrected chi connectivity index (χ1v) is 5.30. The van der Waals surface area contributed by atoms with Crippen molar-refractivity contribution in [1.82, 2.24) is 9.97 Å². The lowest BCUT2D eigenvalue weighted by Crippen LogP contribution is -2.35. The summed E-state index contributed by atoms with van der Waals surface area (Å²) >= 11 is 0. The molecule has 1 rings (SSSR count). The normalized spacial score (nSPS) is 12.2. The highest BCUT2D eigenvalue weighted by atomic mass is 16.6. The van der Waals surface area contributed by atoms with Crippen LogP contribution in [0.4, 0.5) is 11.6 Å². The number of aromatic nitrogens is 2. The van der Waals surface area contributed by atoms with Crippen LogP contribution in [0.2, 0.25) is 0 Å². The molecule has 8 heteroatoms. The van der Waals surface area contributed by atoms with Gasteiger partial charge in [0.15, 0.2) is 0 Å². The molecule has 0 unspecified atom stereocenters. The van der Waals surface area contributed by atoms with Crippen LogP contribution in [0, 0.1) is 23.0 Å². The number of nitro groups is 1. The first kappa shape index (κ1) is 13.8. The number of aliphatic carboxylic acids is 1. The molecule has 98 valence electrons. The van der Waals surface area contributed by atoms with Gasteiger partial charge in [-0.1, -0.05) is 13.8 Å². The molecule has 2 N–H and O–H groups in total.